The van der Waals surface area contributed by atoms with Crippen molar-refractivity contribution in [2.75, 3.05) is 7.11 Å². The first-order valence-electron chi connectivity index (χ1n) is 12.9. The van der Waals surface area contributed by atoms with Gasteiger partial charge in [0.25, 0.3) is 5.91 Å². The van der Waals surface area contributed by atoms with Crippen molar-refractivity contribution < 1.29 is 34.0 Å². The fraction of sp³-hybridized carbons (Fsp3) is 0.414. The average Bonchev–Trinajstić information content (AvgIpc) is 3.27. The van der Waals surface area contributed by atoms with Crippen LogP contribution in [-0.4, -0.2) is 56.3 Å². The molecule has 0 radical (unpaired) electrons. The monoisotopic (exact) mass is 541 g/mol. The van der Waals surface area contributed by atoms with Crippen LogP contribution in [0.5, 0.6) is 5.75 Å². The number of nitrogens with one attached hydrogen (secondary N) is 1. The highest BCUT2D eigenvalue weighted by Crippen LogP contribution is 2.29. The molecule has 39 heavy (non-hydrogen) atoms. The number of ether oxygens (including phenoxy) is 1. The number of aliphatic hydroxyl groups excluding tert-OH is 2. The van der Waals surface area contributed by atoms with E-state index in [1.54, 1.807) is 23.9 Å². The van der Waals surface area contributed by atoms with Crippen molar-refractivity contribution in [3.8, 4) is 11.4 Å². The van der Waals surface area contributed by atoms with Gasteiger partial charge in [0.05, 0.1) is 37.5 Å². The summed E-state index contributed by atoms with van der Waals surface area (Å²) in [4.78, 5) is 24.4. The van der Waals surface area contributed by atoms with E-state index in [1.807, 2.05) is 45.0 Å². The molecular formula is C29H36FN3O6. The van der Waals surface area contributed by atoms with Gasteiger partial charge in [-0.25, -0.2) is 9.07 Å². The van der Waals surface area contributed by atoms with Crippen LogP contribution in [-0.2, 0) is 11.2 Å². The lowest BCUT2D eigenvalue weighted by Crippen LogP contribution is -2.28. The van der Waals surface area contributed by atoms with E-state index in [4.69, 9.17) is 9.84 Å². The Morgan fingerprint density at radius 2 is 1.67 bits per heavy atom. The lowest BCUT2D eigenvalue weighted by Gasteiger charge is -2.17. The summed E-state index contributed by atoms with van der Waals surface area (Å²) in [5, 5.41) is 36.9. The van der Waals surface area contributed by atoms with Crippen LogP contribution < -0.4 is 10.1 Å². The fourth-order valence-electron chi connectivity index (χ4n) is 4.54. The molecule has 0 saturated heterocycles. The smallest absolute Gasteiger partial charge is 0.305 e. The van der Waals surface area contributed by atoms with Crippen LogP contribution in [0.1, 0.15) is 79.3 Å². The van der Waals surface area contributed by atoms with E-state index in [0.717, 1.165) is 5.56 Å². The fourth-order valence-corrected chi connectivity index (χ4v) is 4.54. The Labute approximate surface area is 227 Å². The quantitative estimate of drug-likeness (QED) is 0.255. The number of carboxylic acid groups (broad SMARTS) is 1. The van der Waals surface area contributed by atoms with Crippen LogP contribution in [0.2, 0.25) is 0 Å². The number of aliphatic hydroxyl groups is 2. The highest BCUT2D eigenvalue weighted by molar-refractivity contribution is 5.94. The first kappa shape index (κ1) is 29.8. The Kier molecular flexibility index (Phi) is 10.2. The molecule has 0 aliphatic heterocycles. The van der Waals surface area contributed by atoms with Crippen LogP contribution in [0.25, 0.3) is 5.69 Å². The van der Waals surface area contributed by atoms with Crippen molar-refractivity contribution in [1.82, 2.24) is 15.1 Å². The predicted molar refractivity (Wildman–Crippen MR) is 144 cm³/mol. The Balaban J connectivity index is 1.92. The van der Waals surface area contributed by atoms with Crippen LogP contribution in [0, 0.1) is 5.82 Å². The van der Waals surface area contributed by atoms with Gasteiger partial charge in [-0.3, -0.25) is 9.59 Å². The lowest BCUT2D eigenvalue weighted by atomic mass is 9.95. The lowest BCUT2D eigenvalue weighted by molar-refractivity contribution is -0.139. The molecule has 0 aliphatic carbocycles. The molecule has 1 aromatic heterocycles. The van der Waals surface area contributed by atoms with Crippen molar-refractivity contribution in [2.24, 2.45) is 0 Å². The van der Waals surface area contributed by atoms with E-state index < -0.39 is 30.4 Å². The number of aliphatic carboxylic acids is 1. The minimum atomic E-state index is -1.18. The van der Waals surface area contributed by atoms with Gasteiger partial charge >= 0.3 is 5.97 Å². The Morgan fingerprint density at radius 1 is 1.03 bits per heavy atom. The van der Waals surface area contributed by atoms with Gasteiger partial charge in [-0.2, -0.15) is 5.10 Å². The van der Waals surface area contributed by atoms with Gasteiger partial charge in [0.1, 0.15) is 11.6 Å². The second kappa shape index (κ2) is 13.3. The van der Waals surface area contributed by atoms with E-state index >= 15 is 0 Å². The third-order valence-electron chi connectivity index (χ3n) is 6.52. The minimum absolute atomic E-state index is 0.0965. The largest absolute Gasteiger partial charge is 0.497 e. The normalized spacial score (nSPS) is 13.6. The molecule has 4 N–H and O–H groups in total. The summed E-state index contributed by atoms with van der Waals surface area (Å²) >= 11 is 0. The van der Waals surface area contributed by atoms with Crippen molar-refractivity contribution in [3.05, 3.63) is 76.9 Å². The topological polar surface area (TPSA) is 134 Å². The number of benzene rings is 2. The Hall–Kier alpha value is -3.76. The Bertz CT molecular complexity index is 1260. The molecule has 210 valence electrons. The van der Waals surface area contributed by atoms with Crippen LogP contribution in [0.15, 0.2) is 48.5 Å². The number of halogens is 1. The van der Waals surface area contributed by atoms with Gasteiger partial charge in [0, 0.05) is 11.3 Å². The van der Waals surface area contributed by atoms with E-state index in [2.05, 4.69) is 10.4 Å². The maximum atomic E-state index is 13.7. The molecule has 0 fully saturated rings. The van der Waals surface area contributed by atoms with E-state index in [1.165, 1.54) is 12.1 Å². The summed E-state index contributed by atoms with van der Waals surface area (Å²) in [7, 11) is 1.58. The molecule has 0 saturated carbocycles. The van der Waals surface area contributed by atoms with Crippen molar-refractivity contribution in [2.45, 2.75) is 70.6 Å². The number of carbonyl (C=O) groups excluding carboxylic acids is 1. The number of rotatable bonds is 13. The van der Waals surface area contributed by atoms with Gasteiger partial charge in [-0.15, -0.1) is 0 Å². The van der Waals surface area contributed by atoms with E-state index in [0.29, 0.717) is 29.1 Å². The molecule has 1 heterocycles. The number of carbonyl (C=O) groups is 2. The molecule has 0 bridgehead atoms. The van der Waals surface area contributed by atoms with E-state index in [9.17, 15) is 24.2 Å². The summed E-state index contributed by atoms with van der Waals surface area (Å²) in [5.41, 5.74) is 3.03. The molecule has 10 heteroatoms. The number of nitrogens with zero attached hydrogens (tertiary/aromatic N) is 2. The SMILES string of the molecule is COc1ccc([C@H](C)NC(=O)c2nn(-c3ccc(F)cc3)c(CC[C@@H](O)C[C@@H](O)CC(=O)O)c2C(C)C)cc1. The third kappa shape index (κ3) is 7.87. The second-order valence-corrected chi connectivity index (χ2v) is 9.90. The molecule has 0 spiro atoms. The molecule has 0 aliphatic rings. The zero-order valence-corrected chi connectivity index (χ0v) is 22.6. The predicted octanol–water partition coefficient (Wildman–Crippen LogP) is 4.15. The van der Waals surface area contributed by atoms with Gasteiger partial charge in [-0.05, 0) is 74.1 Å². The summed E-state index contributed by atoms with van der Waals surface area (Å²) in [5.74, 6) is -1.33. The number of carboxylic acids is 1. The molecule has 0 unspecified atom stereocenters. The van der Waals surface area contributed by atoms with Crippen molar-refractivity contribution in [3.63, 3.8) is 0 Å². The maximum Gasteiger partial charge on any atom is 0.305 e. The molecule has 2 aromatic carbocycles. The maximum absolute atomic E-state index is 13.7. The number of hydrogen-bond donors (Lipinski definition) is 4. The summed E-state index contributed by atoms with van der Waals surface area (Å²) < 4.78 is 20.5. The van der Waals surface area contributed by atoms with Crippen molar-refractivity contribution >= 4 is 11.9 Å². The van der Waals surface area contributed by atoms with Crippen LogP contribution in [0.3, 0.4) is 0 Å². The van der Waals surface area contributed by atoms with Gasteiger partial charge in [0.15, 0.2) is 5.69 Å². The highest BCUT2D eigenvalue weighted by atomic mass is 19.1. The molecule has 3 rings (SSSR count). The number of amides is 1. The minimum Gasteiger partial charge on any atom is -0.497 e. The van der Waals surface area contributed by atoms with Gasteiger partial charge in [0.2, 0.25) is 0 Å². The molecule has 3 atom stereocenters. The van der Waals surface area contributed by atoms with Crippen molar-refractivity contribution in [1.29, 1.82) is 0 Å². The third-order valence-corrected chi connectivity index (χ3v) is 6.52. The molecule has 3 aromatic rings. The molecule has 9 nitrogen and oxygen atoms in total. The number of aromatic nitrogens is 2. The van der Waals surface area contributed by atoms with Crippen LogP contribution in [0.4, 0.5) is 4.39 Å². The second-order valence-electron chi connectivity index (χ2n) is 9.90. The zero-order valence-electron chi connectivity index (χ0n) is 22.6. The van der Waals surface area contributed by atoms with Gasteiger partial charge in [-0.1, -0.05) is 26.0 Å². The first-order chi connectivity index (χ1) is 18.5. The Morgan fingerprint density at radius 3 is 2.23 bits per heavy atom. The average molecular weight is 542 g/mol. The molecular weight excluding hydrogens is 505 g/mol. The standard InChI is InChI=1S/C29H36FN3O6/c1-17(2)27-25(14-11-22(34)15-23(35)16-26(36)37)33(21-9-7-20(30)8-10-21)32-28(27)29(38)31-18(3)19-5-12-24(39-4)13-6-19/h5-10,12-13,17-18,22-23,34-35H,11,14-16H2,1-4H3,(H,31,38)(H,36,37)/t18-,22+,23+/m0/s1. The molecule has 1 amide bonds. The van der Waals surface area contributed by atoms with Crippen LogP contribution >= 0.6 is 0 Å². The van der Waals surface area contributed by atoms with Gasteiger partial charge < -0.3 is 25.4 Å². The zero-order chi connectivity index (χ0) is 28.7. The number of hydrogen-bond acceptors (Lipinski definition) is 6. The number of methoxy groups -OCH3 is 1. The summed E-state index contributed by atoms with van der Waals surface area (Å²) in [6.07, 6.45) is -2.21. The summed E-state index contributed by atoms with van der Waals surface area (Å²) in [6.45, 7) is 5.74. The summed E-state index contributed by atoms with van der Waals surface area (Å²) in [6, 6.07) is 12.8. The first-order valence-corrected chi connectivity index (χ1v) is 12.9. The van der Waals surface area contributed by atoms with E-state index in [-0.39, 0.29) is 36.4 Å². The highest BCUT2D eigenvalue weighted by Gasteiger charge is 2.27.